The lowest BCUT2D eigenvalue weighted by molar-refractivity contribution is -0.254. The number of hydrogen-bond acceptors (Lipinski definition) is 3. The molecule has 4 nitrogen and oxygen atoms in total. The summed E-state index contributed by atoms with van der Waals surface area (Å²) in [6.45, 7) is 1.43. The van der Waals surface area contributed by atoms with Crippen LogP contribution in [0.15, 0.2) is 24.3 Å². The Kier molecular flexibility index (Phi) is 4.25. The predicted molar refractivity (Wildman–Crippen MR) is 71.6 cm³/mol. The summed E-state index contributed by atoms with van der Waals surface area (Å²) in [5, 5.41) is 12.2. The number of anilines is 1. The van der Waals surface area contributed by atoms with Gasteiger partial charge in [0.25, 0.3) is 0 Å². The number of β-amino-alcohol motifs (C(OH)–C–C–N with tert-alkyl or cyclic N) is 1. The fourth-order valence-electron chi connectivity index (χ4n) is 2.45. The smallest absolute Gasteiger partial charge is 0.379 e. The van der Waals surface area contributed by atoms with E-state index in [1.165, 1.54) is 6.92 Å². The number of amides is 1. The fraction of sp³-hybridized carbons (Fsp3) is 0.500. The highest BCUT2D eigenvalue weighted by Gasteiger charge is 2.56. The van der Waals surface area contributed by atoms with Crippen molar-refractivity contribution in [2.24, 2.45) is 0 Å². The molecule has 0 unspecified atom stereocenters. The first-order chi connectivity index (χ1) is 9.69. The van der Waals surface area contributed by atoms with Crippen LogP contribution in [0.3, 0.4) is 0 Å². The number of likely N-dealkylation sites (tertiary alicyclic amines) is 1. The van der Waals surface area contributed by atoms with Gasteiger partial charge in [0, 0.05) is 32.2 Å². The molecule has 0 saturated carbocycles. The standard InChI is InChI=1S/C14H17F3N2O2/c1-10(20)18-12-4-2-3-11(7-12)8-19-6-5-13(21,9-19)14(15,16)17/h2-4,7,21H,5-6,8-9H2,1H3,(H,18,20)/t13-/m0/s1. The Morgan fingerprint density at radius 3 is 2.76 bits per heavy atom. The van der Waals surface area contributed by atoms with Crippen LogP contribution in [-0.2, 0) is 11.3 Å². The summed E-state index contributed by atoms with van der Waals surface area (Å²) in [5.41, 5.74) is -1.24. The maximum absolute atomic E-state index is 12.7. The molecule has 1 aromatic carbocycles. The molecule has 1 saturated heterocycles. The molecule has 1 aliphatic rings. The van der Waals surface area contributed by atoms with E-state index in [1.54, 1.807) is 29.2 Å². The summed E-state index contributed by atoms with van der Waals surface area (Å²) in [6.07, 6.45) is -4.93. The largest absolute Gasteiger partial charge is 0.418 e. The Morgan fingerprint density at radius 2 is 2.19 bits per heavy atom. The number of rotatable bonds is 3. The van der Waals surface area contributed by atoms with Gasteiger partial charge in [-0.25, -0.2) is 0 Å². The van der Waals surface area contributed by atoms with Crippen molar-refractivity contribution in [2.75, 3.05) is 18.4 Å². The number of carbonyl (C=O) groups excluding carboxylic acids is 1. The Bertz CT molecular complexity index is 533. The highest BCUT2D eigenvalue weighted by Crippen LogP contribution is 2.38. The first kappa shape index (κ1) is 15.8. The summed E-state index contributed by atoms with van der Waals surface area (Å²) in [5.74, 6) is -0.209. The Balaban J connectivity index is 2.02. The van der Waals surface area contributed by atoms with Crippen molar-refractivity contribution < 1.29 is 23.1 Å². The van der Waals surface area contributed by atoms with Crippen molar-refractivity contribution in [1.29, 1.82) is 0 Å². The van der Waals surface area contributed by atoms with E-state index in [-0.39, 0.29) is 18.9 Å². The average molecular weight is 302 g/mol. The highest BCUT2D eigenvalue weighted by molar-refractivity contribution is 5.88. The van der Waals surface area contributed by atoms with Gasteiger partial charge in [0.05, 0.1) is 0 Å². The molecule has 2 N–H and O–H groups in total. The molecule has 0 spiro atoms. The van der Waals surface area contributed by atoms with Gasteiger partial charge >= 0.3 is 6.18 Å². The van der Waals surface area contributed by atoms with Crippen LogP contribution < -0.4 is 5.32 Å². The summed E-state index contributed by atoms with van der Waals surface area (Å²) in [6, 6.07) is 6.93. The summed E-state index contributed by atoms with van der Waals surface area (Å²) in [7, 11) is 0. The highest BCUT2D eigenvalue weighted by atomic mass is 19.4. The van der Waals surface area contributed by atoms with Gasteiger partial charge < -0.3 is 10.4 Å². The van der Waals surface area contributed by atoms with Gasteiger partial charge in [0.15, 0.2) is 5.60 Å². The van der Waals surface area contributed by atoms with Gasteiger partial charge in [-0.3, -0.25) is 9.69 Å². The molecule has 0 bridgehead atoms. The zero-order valence-electron chi connectivity index (χ0n) is 11.6. The second-order valence-electron chi connectivity index (χ2n) is 5.37. The van der Waals surface area contributed by atoms with Crippen LogP contribution >= 0.6 is 0 Å². The number of carbonyl (C=O) groups is 1. The first-order valence-corrected chi connectivity index (χ1v) is 6.58. The molecule has 1 heterocycles. The minimum Gasteiger partial charge on any atom is -0.379 e. The van der Waals surface area contributed by atoms with E-state index in [9.17, 15) is 23.1 Å². The number of alkyl halides is 3. The van der Waals surface area contributed by atoms with Crippen LogP contribution in [0.4, 0.5) is 18.9 Å². The van der Waals surface area contributed by atoms with E-state index < -0.39 is 18.3 Å². The second-order valence-corrected chi connectivity index (χ2v) is 5.37. The number of nitrogens with one attached hydrogen (secondary N) is 1. The maximum atomic E-state index is 12.7. The van der Waals surface area contributed by atoms with Crippen LogP contribution in [0.25, 0.3) is 0 Å². The van der Waals surface area contributed by atoms with Gasteiger partial charge in [0.2, 0.25) is 5.91 Å². The van der Waals surface area contributed by atoms with E-state index >= 15 is 0 Å². The lowest BCUT2D eigenvalue weighted by atomic mass is 10.0. The van der Waals surface area contributed by atoms with E-state index in [2.05, 4.69) is 5.32 Å². The van der Waals surface area contributed by atoms with Gasteiger partial charge in [0.1, 0.15) is 0 Å². The quantitative estimate of drug-likeness (QED) is 0.899. The van der Waals surface area contributed by atoms with E-state index in [1.807, 2.05) is 0 Å². The van der Waals surface area contributed by atoms with Crippen molar-refractivity contribution >= 4 is 11.6 Å². The number of nitrogens with zero attached hydrogens (tertiary/aromatic N) is 1. The maximum Gasteiger partial charge on any atom is 0.418 e. The molecule has 116 valence electrons. The molecule has 1 aliphatic heterocycles. The van der Waals surface area contributed by atoms with Crippen molar-refractivity contribution in [3.63, 3.8) is 0 Å². The van der Waals surface area contributed by atoms with Gasteiger partial charge in [-0.05, 0) is 24.1 Å². The summed E-state index contributed by atoms with van der Waals surface area (Å²) >= 11 is 0. The number of hydrogen-bond donors (Lipinski definition) is 2. The minimum atomic E-state index is -4.61. The molecule has 1 fully saturated rings. The predicted octanol–water partition coefficient (Wildman–Crippen LogP) is 2.14. The minimum absolute atomic E-state index is 0.181. The van der Waals surface area contributed by atoms with E-state index in [0.717, 1.165) is 5.56 Å². The third kappa shape index (κ3) is 3.74. The molecule has 1 aromatic rings. The van der Waals surface area contributed by atoms with Gasteiger partial charge in [-0.1, -0.05) is 12.1 Å². The van der Waals surface area contributed by atoms with Crippen LogP contribution in [0.5, 0.6) is 0 Å². The summed E-state index contributed by atoms with van der Waals surface area (Å²) in [4.78, 5) is 12.5. The second kappa shape index (κ2) is 5.65. The lowest BCUT2D eigenvalue weighted by Gasteiger charge is -2.26. The molecule has 1 atom stereocenters. The SMILES string of the molecule is CC(=O)Nc1cccc(CN2CC[C@@](O)(C(F)(F)F)C2)c1. The van der Waals surface area contributed by atoms with E-state index in [0.29, 0.717) is 12.2 Å². The molecule has 2 rings (SSSR count). The van der Waals surface area contributed by atoms with Crippen molar-refractivity contribution in [1.82, 2.24) is 4.90 Å². The molecule has 21 heavy (non-hydrogen) atoms. The molecule has 1 amide bonds. The number of benzene rings is 1. The number of halogens is 3. The molecule has 0 aromatic heterocycles. The van der Waals surface area contributed by atoms with Crippen molar-refractivity contribution in [2.45, 2.75) is 31.7 Å². The first-order valence-electron chi connectivity index (χ1n) is 6.58. The zero-order chi connectivity index (χ0) is 15.7. The lowest BCUT2D eigenvalue weighted by Crippen LogP contribution is -2.47. The summed E-state index contributed by atoms with van der Waals surface area (Å²) < 4.78 is 38.2. The topological polar surface area (TPSA) is 52.6 Å². The number of aliphatic hydroxyl groups is 1. The zero-order valence-corrected chi connectivity index (χ0v) is 11.6. The Hall–Kier alpha value is -1.60. The molecular formula is C14H17F3N2O2. The van der Waals surface area contributed by atoms with Crippen LogP contribution in [-0.4, -0.2) is 40.8 Å². The van der Waals surface area contributed by atoms with Crippen molar-refractivity contribution in [3.8, 4) is 0 Å². The fourth-order valence-corrected chi connectivity index (χ4v) is 2.45. The average Bonchev–Trinajstić information content (AvgIpc) is 2.71. The normalized spacial score (nSPS) is 23.3. The van der Waals surface area contributed by atoms with Crippen LogP contribution in [0.1, 0.15) is 18.9 Å². The monoisotopic (exact) mass is 302 g/mol. The van der Waals surface area contributed by atoms with Crippen LogP contribution in [0, 0.1) is 0 Å². The molecule has 7 heteroatoms. The van der Waals surface area contributed by atoms with Crippen LogP contribution in [0.2, 0.25) is 0 Å². The molecule has 0 aliphatic carbocycles. The van der Waals surface area contributed by atoms with Gasteiger partial charge in [-0.2, -0.15) is 13.2 Å². The third-order valence-electron chi connectivity index (χ3n) is 3.51. The van der Waals surface area contributed by atoms with Crippen molar-refractivity contribution in [3.05, 3.63) is 29.8 Å². The Labute approximate surface area is 120 Å². The van der Waals surface area contributed by atoms with Gasteiger partial charge in [-0.15, -0.1) is 0 Å². The molecule has 0 radical (unpaired) electrons. The Morgan fingerprint density at radius 1 is 1.48 bits per heavy atom. The molecular weight excluding hydrogens is 285 g/mol. The van der Waals surface area contributed by atoms with E-state index in [4.69, 9.17) is 0 Å². The third-order valence-corrected chi connectivity index (χ3v) is 3.51.